The van der Waals surface area contributed by atoms with Crippen LogP contribution in [0.4, 0.5) is 0 Å². The Labute approximate surface area is 325 Å². The molecule has 6 atom stereocenters. The molecule has 0 spiro atoms. The largest absolute Gasteiger partial charge is 0.472 e. The average molecular weight is 788 g/mol. The minimum atomic E-state index is -4.43. The summed E-state index contributed by atoms with van der Waals surface area (Å²) < 4.78 is 32.7. The Morgan fingerprint density at radius 1 is 0.833 bits per heavy atom. The molecule has 0 amide bonds. The van der Waals surface area contributed by atoms with E-state index in [2.05, 4.69) is 26.0 Å². The van der Waals surface area contributed by atoms with E-state index < -0.39 is 44.7 Å². The fraction of sp³-hybridized carbons (Fsp3) is 0.829. The number of carbonyl (C=O) groups excluding carboxylic acids is 3. The van der Waals surface area contributed by atoms with Gasteiger partial charge in [0.15, 0.2) is 6.10 Å². The van der Waals surface area contributed by atoms with Gasteiger partial charge in [-0.05, 0) is 51.4 Å². The summed E-state index contributed by atoms with van der Waals surface area (Å²) in [5.74, 6) is -1.52. The van der Waals surface area contributed by atoms with Crippen molar-refractivity contribution >= 4 is 25.5 Å². The quantitative estimate of drug-likeness (QED) is 0.0209. The number of hydrogen-bond donors (Lipinski definition) is 4. The van der Waals surface area contributed by atoms with Gasteiger partial charge < -0.3 is 30.3 Å². The minimum Gasteiger partial charge on any atom is -0.462 e. The molecule has 1 saturated carbocycles. The summed E-state index contributed by atoms with van der Waals surface area (Å²) in [5, 5.41) is 20.7. The Kier molecular flexibility index (Phi) is 29.9. The van der Waals surface area contributed by atoms with Crippen LogP contribution in [0, 0.1) is 11.8 Å². The van der Waals surface area contributed by atoms with Crippen LogP contribution < -0.4 is 5.73 Å². The highest BCUT2D eigenvalue weighted by Crippen LogP contribution is 2.43. The van der Waals surface area contributed by atoms with E-state index in [9.17, 15) is 34.1 Å². The summed E-state index contributed by atoms with van der Waals surface area (Å²) >= 11 is 0. The number of unbranched alkanes of at least 4 members (excludes halogenated alkanes) is 14. The van der Waals surface area contributed by atoms with Crippen LogP contribution in [0.3, 0.4) is 0 Å². The lowest BCUT2D eigenvalue weighted by molar-refractivity contribution is -0.161. The highest BCUT2D eigenvalue weighted by Gasteiger charge is 2.39. The van der Waals surface area contributed by atoms with Crippen molar-refractivity contribution in [2.75, 3.05) is 26.4 Å². The molecule has 0 radical (unpaired) electrons. The molecular weight excluding hydrogens is 713 g/mol. The van der Waals surface area contributed by atoms with Gasteiger partial charge in [-0.25, -0.2) is 4.57 Å². The maximum absolute atomic E-state index is 12.6. The highest BCUT2D eigenvalue weighted by molar-refractivity contribution is 7.47. The lowest BCUT2D eigenvalue weighted by atomic mass is 9.88. The van der Waals surface area contributed by atoms with E-state index in [1.165, 1.54) is 25.7 Å². The van der Waals surface area contributed by atoms with Crippen molar-refractivity contribution in [3.8, 4) is 0 Å². The van der Waals surface area contributed by atoms with Crippen LogP contribution in [-0.2, 0) is 37.5 Å². The number of esters is 2. The SMILES string of the molecule is CCCCCC/C=C\CCCCCCCC(=O)O[C@H](COC(=O)CCCCCC[C@H]1C(=O)C[C@@H](O)[C@@H]1/C=C/[C@@H](O)CCCCC)COP(=O)(O)OCCN. The zero-order valence-corrected chi connectivity index (χ0v) is 34.3. The molecule has 0 heterocycles. The smallest absolute Gasteiger partial charge is 0.462 e. The third-order valence-electron chi connectivity index (χ3n) is 9.70. The monoisotopic (exact) mass is 787 g/mol. The molecular formula is C41H74NO11P. The van der Waals surface area contributed by atoms with Crippen LogP contribution in [0.25, 0.3) is 0 Å². The summed E-state index contributed by atoms with van der Waals surface area (Å²) in [7, 11) is -4.43. The van der Waals surface area contributed by atoms with Crippen molar-refractivity contribution in [3.05, 3.63) is 24.3 Å². The van der Waals surface area contributed by atoms with Crippen molar-refractivity contribution < 1.29 is 52.6 Å². The molecule has 1 aliphatic carbocycles. The van der Waals surface area contributed by atoms with Crippen molar-refractivity contribution in [2.24, 2.45) is 17.6 Å². The number of nitrogens with two attached hydrogens (primary N) is 1. The van der Waals surface area contributed by atoms with Crippen molar-refractivity contribution in [3.63, 3.8) is 0 Å². The van der Waals surface area contributed by atoms with Gasteiger partial charge in [0, 0.05) is 37.6 Å². The van der Waals surface area contributed by atoms with E-state index in [1.807, 2.05) is 6.08 Å². The average Bonchev–Trinajstić information content (AvgIpc) is 3.41. The first kappa shape index (κ1) is 50.1. The molecule has 0 saturated heterocycles. The van der Waals surface area contributed by atoms with E-state index in [4.69, 9.17) is 24.3 Å². The molecule has 0 aliphatic heterocycles. The van der Waals surface area contributed by atoms with E-state index in [1.54, 1.807) is 6.08 Å². The minimum absolute atomic E-state index is 0.0176. The molecule has 54 heavy (non-hydrogen) atoms. The number of hydrogen-bond acceptors (Lipinski definition) is 11. The molecule has 0 aromatic heterocycles. The zero-order chi connectivity index (χ0) is 39.9. The van der Waals surface area contributed by atoms with Gasteiger partial charge in [0.25, 0.3) is 0 Å². The summed E-state index contributed by atoms with van der Waals surface area (Å²) in [4.78, 5) is 47.5. The summed E-state index contributed by atoms with van der Waals surface area (Å²) in [5.41, 5.74) is 5.33. The summed E-state index contributed by atoms with van der Waals surface area (Å²) in [6.07, 6.45) is 25.4. The number of ketones is 1. The standard InChI is InChI=1S/C41H74NO11P/c1-3-5-7-8-9-10-11-12-13-14-15-16-22-26-41(47)53-35(33-52-54(48,49)51-30-29-42)32-50-40(46)25-21-18-17-20-24-36-37(39(45)31-38(36)44)28-27-34(43)23-19-6-4-2/h10-11,27-28,34-37,39,43,45H,3-9,12-26,29-33,42H2,1-2H3,(H,48,49)/b11-10-,28-27+/t34-,35+,36+,37+,39+/m0/s1. The number of Topliss-reactive ketones (excluding diaryl/α,β-unsaturated/α-hetero) is 1. The van der Waals surface area contributed by atoms with Gasteiger partial charge in [0.2, 0.25) is 0 Å². The van der Waals surface area contributed by atoms with Gasteiger partial charge >= 0.3 is 19.8 Å². The molecule has 0 aromatic carbocycles. The summed E-state index contributed by atoms with van der Waals surface area (Å²) in [6.45, 7) is 3.32. The molecule has 1 fully saturated rings. The van der Waals surface area contributed by atoms with Gasteiger partial charge in [0.1, 0.15) is 12.4 Å². The number of aliphatic hydroxyl groups excluding tert-OH is 2. The topological polar surface area (TPSA) is 192 Å². The molecule has 0 aromatic rings. The second-order valence-electron chi connectivity index (χ2n) is 14.6. The van der Waals surface area contributed by atoms with Gasteiger partial charge in [-0.15, -0.1) is 0 Å². The number of phosphoric acid groups is 1. The van der Waals surface area contributed by atoms with Gasteiger partial charge in [-0.3, -0.25) is 23.4 Å². The molecule has 314 valence electrons. The van der Waals surface area contributed by atoms with Gasteiger partial charge in [-0.2, -0.15) is 0 Å². The fourth-order valence-corrected chi connectivity index (χ4v) is 7.29. The van der Waals surface area contributed by atoms with Crippen LogP contribution in [-0.4, -0.2) is 77.5 Å². The van der Waals surface area contributed by atoms with E-state index >= 15 is 0 Å². The Balaban J connectivity index is 2.40. The maximum Gasteiger partial charge on any atom is 0.472 e. The predicted octanol–water partition coefficient (Wildman–Crippen LogP) is 8.20. The van der Waals surface area contributed by atoms with Crippen LogP contribution in [0.15, 0.2) is 24.3 Å². The van der Waals surface area contributed by atoms with Crippen LogP contribution >= 0.6 is 7.82 Å². The summed E-state index contributed by atoms with van der Waals surface area (Å²) in [6, 6.07) is 0. The Bertz CT molecular complexity index is 1100. The van der Waals surface area contributed by atoms with Crippen molar-refractivity contribution in [1.29, 1.82) is 0 Å². The Hall–Kier alpha value is -1.92. The van der Waals surface area contributed by atoms with E-state index in [0.29, 0.717) is 25.7 Å². The van der Waals surface area contributed by atoms with Crippen LogP contribution in [0.2, 0.25) is 0 Å². The molecule has 1 rings (SSSR count). The van der Waals surface area contributed by atoms with Crippen molar-refractivity contribution in [1.82, 2.24) is 0 Å². The number of carbonyl (C=O) groups is 3. The Morgan fingerprint density at radius 2 is 1.43 bits per heavy atom. The Morgan fingerprint density at radius 3 is 2.09 bits per heavy atom. The van der Waals surface area contributed by atoms with Crippen LogP contribution in [0.5, 0.6) is 0 Å². The lowest BCUT2D eigenvalue weighted by Crippen LogP contribution is -2.29. The fourth-order valence-electron chi connectivity index (χ4n) is 6.52. The van der Waals surface area contributed by atoms with Crippen molar-refractivity contribution in [2.45, 2.75) is 180 Å². The second-order valence-corrected chi connectivity index (χ2v) is 16.1. The molecule has 1 aliphatic rings. The predicted molar refractivity (Wildman–Crippen MR) is 211 cm³/mol. The molecule has 13 heteroatoms. The second kappa shape index (κ2) is 32.2. The van der Waals surface area contributed by atoms with Gasteiger partial charge in [-0.1, -0.05) is 115 Å². The highest BCUT2D eigenvalue weighted by atomic mass is 31.2. The number of allylic oxidation sites excluding steroid dienone is 2. The maximum atomic E-state index is 12.6. The normalized spacial score (nSPS) is 19.7. The third-order valence-corrected chi connectivity index (χ3v) is 10.7. The third kappa shape index (κ3) is 26.0. The first-order valence-electron chi connectivity index (χ1n) is 20.9. The molecule has 5 N–H and O–H groups in total. The van der Waals surface area contributed by atoms with Gasteiger partial charge in [0.05, 0.1) is 25.4 Å². The van der Waals surface area contributed by atoms with E-state index in [0.717, 1.165) is 77.0 Å². The van der Waals surface area contributed by atoms with Crippen LogP contribution in [0.1, 0.15) is 162 Å². The number of phosphoric ester groups is 1. The first-order valence-corrected chi connectivity index (χ1v) is 22.4. The lowest BCUT2D eigenvalue weighted by Gasteiger charge is -2.20. The molecule has 12 nitrogen and oxygen atoms in total. The number of ether oxygens (including phenoxy) is 2. The first-order chi connectivity index (χ1) is 26.0. The number of aliphatic hydroxyl groups is 2. The zero-order valence-electron chi connectivity index (χ0n) is 33.4. The number of rotatable bonds is 35. The molecule has 1 unspecified atom stereocenters. The molecule has 0 bridgehead atoms. The van der Waals surface area contributed by atoms with E-state index in [-0.39, 0.29) is 56.6 Å².